The molecule has 4 nitrogen and oxygen atoms in total. The zero-order chi connectivity index (χ0) is 14.4. The number of nitrogens with zero attached hydrogens (tertiary/aromatic N) is 1. The second kappa shape index (κ2) is 7.29. The molecule has 20 heavy (non-hydrogen) atoms. The highest BCUT2D eigenvalue weighted by molar-refractivity contribution is 5.72. The summed E-state index contributed by atoms with van der Waals surface area (Å²) in [7, 11) is 0. The lowest BCUT2D eigenvalue weighted by molar-refractivity contribution is -0.149. The van der Waals surface area contributed by atoms with E-state index in [0.29, 0.717) is 6.61 Å². The minimum atomic E-state index is -0.0406. The Bertz CT molecular complexity index is 448. The average Bonchev–Trinajstić information content (AvgIpc) is 2.46. The molecule has 1 aromatic carbocycles. The van der Waals surface area contributed by atoms with Crippen LogP contribution in [-0.4, -0.2) is 37.1 Å². The number of hydrogen-bond acceptors (Lipinski definition) is 4. The maximum atomic E-state index is 11.8. The fraction of sp³-hybridized carbons (Fsp3) is 0.562. The second-order valence-electron chi connectivity index (χ2n) is 5.39. The van der Waals surface area contributed by atoms with Crippen LogP contribution in [0.25, 0.3) is 0 Å². The fourth-order valence-corrected chi connectivity index (χ4v) is 2.75. The summed E-state index contributed by atoms with van der Waals surface area (Å²) >= 11 is 0. The van der Waals surface area contributed by atoms with E-state index in [-0.39, 0.29) is 11.9 Å². The van der Waals surface area contributed by atoms with Gasteiger partial charge in [0.25, 0.3) is 0 Å². The Hall–Kier alpha value is -1.55. The van der Waals surface area contributed by atoms with Crippen LogP contribution in [0.5, 0.6) is 0 Å². The van der Waals surface area contributed by atoms with Gasteiger partial charge in [-0.3, -0.25) is 4.79 Å². The molecule has 0 radical (unpaired) electrons. The maximum absolute atomic E-state index is 11.8. The molecule has 1 unspecified atom stereocenters. The Labute approximate surface area is 120 Å². The Morgan fingerprint density at radius 2 is 2.35 bits per heavy atom. The van der Waals surface area contributed by atoms with E-state index in [1.165, 1.54) is 5.56 Å². The number of rotatable bonds is 5. The molecule has 0 bridgehead atoms. The van der Waals surface area contributed by atoms with Crippen LogP contribution in [0.2, 0.25) is 0 Å². The minimum absolute atomic E-state index is 0.0406. The first-order valence-corrected chi connectivity index (χ1v) is 7.42. The Balaban J connectivity index is 1.82. The molecule has 0 spiro atoms. The predicted molar refractivity (Wildman–Crippen MR) is 80.4 cm³/mol. The molecule has 1 heterocycles. The smallest absolute Gasteiger partial charge is 0.310 e. The number of piperidine rings is 1. The summed E-state index contributed by atoms with van der Waals surface area (Å²) < 4.78 is 5.13. The predicted octanol–water partition coefficient (Wildman–Crippen LogP) is 2.09. The Morgan fingerprint density at radius 3 is 3.10 bits per heavy atom. The molecule has 4 heteroatoms. The van der Waals surface area contributed by atoms with Gasteiger partial charge in [-0.15, -0.1) is 0 Å². The van der Waals surface area contributed by atoms with Crippen LogP contribution < -0.4 is 5.73 Å². The van der Waals surface area contributed by atoms with Gasteiger partial charge in [0, 0.05) is 18.8 Å². The number of nitrogens with two attached hydrogens (primary N) is 1. The van der Waals surface area contributed by atoms with Crippen LogP contribution in [0.4, 0.5) is 5.69 Å². The number of hydrogen-bond donors (Lipinski definition) is 1. The van der Waals surface area contributed by atoms with E-state index in [2.05, 4.69) is 11.0 Å². The van der Waals surface area contributed by atoms with Gasteiger partial charge in [-0.1, -0.05) is 12.1 Å². The standard InChI is InChI=1S/C16H24N2O2/c1-2-20-16(19)14-6-4-9-18(12-14)10-8-13-5-3-7-15(17)11-13/h3,5,7,11,14H,2,4,6,8-10,12,17H2,1H3. The third-order valence-electron chi connectivity index (χ3n) is 3.79. The summed E-state index contributed by atoms with van der Waals surface area (Å²) in [4.78, 5) is 14.2. The molecule has 0 amide bonds. The number of carbonyl (C=O) groups is 1. The summed E-state index contributed by atoms with van der Waals surface area (Å²) in [5.74, 6) is 0.00528. The van der Waals surface area contributed by atoms with Crippen molar-refractivity contribution in [1.82, 2.24) is 4.90 Å². The van der Waals surface area contributed by atoms with Crippen LogP contribution in [0.1, 0.15) is 25.3 Å². The zero-order valence-electron chi connectivity index (χ0n) is 12.2. The van der Waals surface area contributed by atoms with E-state index in [1.807, 2.05) is 25.1 Å². The van der Waals surface area contributed by atoms with E-state index in [4.69, 9.17) is 10.5 Å². The van der Waals surface area contributed by atoms with E-state index in [1.54, 1.807) is 0 Å². The zero-order valence-corrected chi connectivity index (χ0v) is 12.2. The summed E-state index contributed by atoms with van der Waals surface area (Å²) in [6, 6.07) is 8.01. The van der Waals surface area contributed by atoms with Crippen LogP contribution in [-0.2, 0) is 16.0 Å². The van der Waals surface area contributed by atoms with Gasteiger partial charge in [0.2, 0.25) is 0 Å². The SMILES string of the molecule is CCOC(=O)C1CCCN(CCc2cccc(N)c2)C1. The lowest BCUT2D eigenvalue weighted by Gasteiger charge is -2.31. The van der Waals surface area contributed by atoms with Crippen molar-refractivity contribution < 1.29 is 9.53 Å². The third-order valence-corrected chi connectivity index (χ3v) is 3.79. The average molecular weight is 276 g/mol. The molecule has 2 rings (SSSR count). The van der Waals surface area contributed by atoms with Crippen molar-refractivity contribution in [2.24, 2.45) is 5.92 Å². The molecule has 1 atom stereocenters. The number of carbonyl (C=O) groups excluding carboxylic acids is 1. The van der Waals surface area contributed by atoms with E-state index >= 15 is 0 Å². The van der Waals surface area contributed by atoms with Crippen LogP contribution in [0.3, 0.4) is 0 Å². The maximum Gasteiger partial charge on any atom is 0.310 e. The molecular formula is C16H24N2O2. The normalized spacial score (nSPS) is 19.8. The van der Waals surface area contributed by atoms with Gasteiger partial charge >= 0.3 is 5.97 Å². The van der Waals surface area contributed by atoms with Crippen LogP contribution in [0, 0.1) is 5.92 Å². The van der Waals surface area contributed by atoms with E-state index < -0.39 is 0 Å². The van der Waals surface area contributed by atoms with Crippen molar-refractivity contribution in [3.63, 3.8) is 0 Å². The highest BCUT2D eigenvalue weighted by Crippen LogP contribution is 2.18. The quantitative estimate of drug-likeness (QED) is 0.661. The number of esters is 1. The van der Waals surface area contributed by atoms with Gasteiger partial charge < -0.3 is 15.4 Å². The van der Waals surface area contributed by atoms with Crippen LogP contribution in [0.15, 0.2) is 24.3 Å². The lowest BCUT2D eigenvalue weighted by atomic mass is 9.98. The Kier molecular flexibility index (Phi) is 5.41. The van der Waals surface area contributed by atoms with Crippen molar-refractivity contribution in [2.75, 3.05) is 32.0 Å². The molecule has 0 aromatic heterocycles. The minimum Gasteiger partial charge on any atom is -0.466 e. The second-order valence-corrected chi connectivity index (χ2v) is 5.39. The number of ether oxygens (including phenoxy) is 1. The molecule has 1 aromatic rings. The molecule has 1 saturated heterocycles. The molecule has 0 saturated carbocycles. The van der Waals surface area contributed by atoms with Gasteiger partial charge in [0.1, 0.15) is 0 Å². The summed E-state index contributed by atoms with van der Waals surface area (Å²) in [6.07, 6.45) is 2.99. The highest BCUT2D eigenvalue weighted by Gasteiger charge is 2.26. The van der Waals surface area contributed by atoms with Gasteiger partial charge in [-0.25, -0.2) is 0 Å². The fourth-order valence-electron chi connectivity index (χ4n) is 2.75. The van der Waals surface area contributed by atoms with Crippen molar-refractivity contribution in [3.05, 3.63) is 29.8 Å². The summed E-state index contributed by atoms with van der Waals surface area (Å²) in [5, 5.41) is 0. The third kappa shape index (κ3) is 4.23. The largest absolute Gasteiger partial charge is 0.466 e. The summed E-state index contributed by atoms with van der Waals surface area (Å²) in [6.45, 7) is 5.19. The number of anilines is 1. The molecule has 1 aliphatic rings. The lowest BCUT2D eigenvalue weighted by Crippen LogP contribution is -2.40. The molecule has 110 valence electrons. The first kappa shape index (κ1) is 14.9. The Morgan fingerprint density at radius 1 is 1.50 bits per heavy atom. The summed E-state index contributed by atoms with van der Waals surface area (Å²) in [5.41, 5.74) is 7.85. The van der Waals surface area contributed by atoms with Crippen molar-refractivity contribution in [1.29, 1.82) is 0 Å². The van der Waals surface area contributed by atoms with E-state index in [0.717, 1.165) is 44.6 Å². The van der Waals surface area contributed by atoms with Gasteiger partial charge in [-0.2, -0.15) is 0 Å². The molecular weight excluding hydrogens is 252 g/mol. The van der Waals surface area contributed by atoms with Gasteiger partial charge in [0.05, 0.1) is 12.5 Å². The van der Waals surface area contributed by atoms with Crippen LogP contribution >= 0.6 is 0 Å². The topological polar surface area (TPSA) is 55.6 Å². The first-order chi connectivity index (χ1) is 9.69. The molecule has 0 aliphatic carbocycles. The number of benzene rings is 1. The number of likely N-dealkylation sites (tertiary alicyclic amines) is 1. The van der Waals surface area contributed by atoms with Crippen molar-refractivity contribution in [2.45, 2.75) is 26.2 Å². The molecule has 2 N–H and O–H groups in total. The van der Waals surface area contributed by atoms with E-state index in [9.17, 15) is 4.79 Å². The van der Waals surface area contributed by atoms with Crippen molar-refractivity contribution >= 4 is 11.7 Å². The first-order valence-electron chi connectivity index (χ1n) is 7.42. The highest BCUT2D eigenvalue weighted by atomic mass is 16.5. The van der Waals surface area contributed by atoms with Gasteiger partial charge in [0.15, 0.2) is 0 Å². The van der Waals surface area contributed by atoms with Crippen molar-refractivity contribution in [3.8, 4) is 0 Å². The van der Waals surface area contributed by atoms with Gasteiger partial charge in [-0.05, 0) is 50.4 Å². The molecule has 1 aliphatic heterocycles. The number of nitrogen functional groups attached to an aromatic ring is 1. The monoisotopic (exact) mass is 276 g/mol. The molecule has 1 fully saturated rings.